The fraction of sp³-hybridized carbons (Fsp3) is 0.500. The van der Waals surface area contributed by atoms with Crippen LogP contribution in [0.15, 0.2) is 24.3 Å². The number of ether oxygens (including phenoxy) is 2. The smallest absolute Gasteiger partial charge is 0.133 e. The Morgan fingerprint density at radius 1 is 1.12 bits per heavy atom. The van der Waals surface area contributed by atoms with Gasteiger partial charge in [-0.2, -0.15) is 0 Å². The number of hydrogen-bond donors (Lipinski definition) is 0. The number of carbonyl (C=O) groups excluding carboxylic acids is 1. The van der Waals surface area contributed by atoms with Crippen molar-refractivity contribution in [2.45, 2.75) is 45.4 Å². The van der Waals surface area contributed by atoms with Crippen LogP contribution < -0.4 is 9.47 Å². The summed E-state index contributed by atoms with van der Waals surface area (Å²) < 4.78 is 11.1. The van der Waals surface area contributed by atoms with Gasteiger partial charge >= 0.3 is 0 Å². The topological polar surface area (TPSA) is 35.5 Å². The molecular formula is C22H26O3. The quantitative estimate of drug-likeness (QED) is 0.799. The zero-order chi connectivity index (χ0) is 17.8. The maximum absolute atomic E-state index is 12.2. The molecular weight excluding hydrogens is 312 g/mol. The summed E-state index contributed by atoms with van der Waals surface area (Å²) in [6, 6.07) is 8.48. The Labute approximate surface area is 149 Å². The molecule has 1 saturated carbocycles. The van der Waals surface area contributed by atoms with E-state index in [1.807, 2.05) is 6.07 Å². The number of Topliss-reactive ketones (excluding diaryl/α,β-unsaturated/α-hetero) is 1. The van der Waals surface area contributed by atoms with E-state index in [4.69, 9.17) is 9.47 Å². The van der Waals surface area contributed by atoms with Crippen LogP contribution in [0.5, 0.6) is 11.5 Å². The second kappa shape index (κ2) is 5.76. The van der Waals surface area contributed by atoms with E-state index in [-0.39, 0.29) is 11.3 Å². The van der Waals surface area contributed by atoms with Gasteiger partial charge in [-0.05, 0) is 78.7 Å². The average molecular weight is 338 g/mol. The molecule has 0 aliphatic heterocycles. The Morgan fingerprint density at radius 3 is 2.60 bits per heavy atom. The minimum Gasteiger partial charge on any atom is -0.497 e. The number of aryl methyl sites for hydroxylation is 1. The van der Waals surface area contributed by atoms with Crippen LogP contribution in [0.25, 0.3) is 10.8 Å². The second-order valence-corrected chi connectivity index (χ2v) is 7.86. The highest BCUT2D eigenvalue weighted by molar-refractivity contribution is 5.94. The van der Waals surface area contributed by atoms with Gasteiger partial charge in [0, 0.05) is 11.3 Å². The summed E-state index contributed by atoms with van der Waals surface area (Å²) in [5.74, 6) is 2.76. The molecule has 0 bridgehead atoms. The van der Waals surface area contributed by atoms with Gasteiger partial charge in [0.1, 0.15) is 17.3 Å². The lowest BCUT2D eigenvalue weighted by Crippen LogP contribution is -2.35. The molecule has 4 rings (SSSR count). The molecule has 2 aliphatic carbocycles. The van der Waals surface area contributed by atoms with Crippen molar-refractivity contribution in [2.24, 2.45) is 11.3 Å². The Morgan fingerprint density at radius 2 is 1.92 bits per heavy atom. The maximum atomic E-state index is 12.2. The standard InChI is InChI=1S/C22H26O3/c1-13(23)19-7-8-20-17-12-21(25-4)18-11-14(24-3)5-6-15(18)16(17)9-10-22(19,20)2/h5-6,11-12,19-20H,7-10H2,1-4H3/t19-,20-,22+/m0/s1. The van der Waals surface area contributed by atoms with Crippen molar-refractivity contribution in [3.8, 4) is 11.5 Å². The number of rotatable bonds is 3. The van der Waals surface area contributed by atoms with E-state index >= 15 is 0 Å². The number of hydrogen-bond acceptors (Lipinski definition) is 3. The minimum absolute atomic E-state index is 0.0873. The molecule has 0 unspecified atom stereocenters. The lowest BCUT2D eigenvalue weighted by atomic mass is 9.62. The van der Waals surface area contributed by atoms with Crippen LogP contribution in [0.1, 0.15) is 50.2 Å². The van der Waals surface area contributed by atoms with E-state index in [1.54, 1.807) is 21.1 Å². The molecule has 0 saturated heterocycles. The fourth-order valence-corrected chi connectivity index (χ4v) is 5.49. The van der Waals surface area contributed by atoms with Crippen LogP contribution >= 0.6 is 0 Å². The van der Waals surface area contributed by atoms with Crippen LogP contribution in [0, 0.1) is 11.3 Å². The molecule has 132 valence electrons. The summed E-state index contributed by atoms with van der Waals surface area (Å²) >= 11 is 0. The molecule has 0 radical (unpaired) electrons. The van der Waals surface area contributed by atoms with Crippen molar-refractivity contribution < 1.29 is 14.3 Å². The summed E-state index contributed by atoms with van der Waals surface area (Å²) in [4.78, 5) is 12.2. The Hall–Kier alpha value is -2.03. The molecule has 2 aromatic carbocycles. The number of benzene rings is 2. The third-order valence-corrected chi connectivity index (χ3v) is 6.79. The summed E-state index contributed by atoms with van der Waals surface area (Å²) in [6.45, 7) is 4.09. The maximum Gasteiger partial charge on any atom is 0.133 e. The van der Waals surface area contributed by atoms with Gasteiger partial charge in [-0.1, -0.05) is 13.0 Å². The van der Waals surface area contributed by atoms with Crippen LogP contribution in [0.3, 0.4) is 0 Å². The SMILES string of the molecule is COc1ccc2c3c(cc(OC)c2c1)[C@@H]1CC[C@@H](C(C)=O)[C@@]1(C)CC3. The van der Waals surface area contributed by atoms with Crippen LogP contribution in [0.2, 0.25) is 0 Å². The summed E-state index contributed by atoms with van der Waals surface area (Å²) in [7, 11) is 3.42. The Kier molecular flexibility index (Phi) is 3.78. The highest BCUT2D eigenvalue weighted by atomic mass is 16.5. The molecule has 3 heteroatoms. The van der Waals surface area contributed by atoms with E-state index < -0.39 is 0 Å². The molecule has 0 N–H and O–H groups in total. The summed E-state index contributed by atoms with van der Waals surface area (Å²) in [5.41, 5.74) is 2.92. The Balaban J connectivity index is 1.92. The van der Waals surface area contributed by atoms with Gasteiger partial charge in [-0.15, -0.1) is 0 Å². The van der Waals surface area contributed by atoms with Crippen molar-refractivity contribution in [1.82, 2.24) is 0 Å². The zero-order valence-corrected chi connectivity index (χ0v) is 15.5. The molecule has 2 aromatic rings. The van der Waals surface area contributed by atoms with Crippen molar-refractivity contribution in [3.05, 3.63) is 35.4 Å². The third kappa shape index (κ3) is 2.28. The highest BCUT2D eigenvalue weighted by Crippen LogP contribution is 2.60. The number of carbonyl (C=O) groups is 1. The molecule has 0 spiro atoms. The lowest BCUT2D eigenvalue weighted by molar-refractivity contribution is -0.124. The largest absolute Gasteiger partial charge is 0.497 e. The molecule has 0 aromatic heterocycles. The van der Waals surface area contributed by atoms with Crippen molar-refractivity contribution in [2.75, 3.05) is 14.2 Å². The van der Waals surface area contributed by atoms with Gasteiger partial charge in [0.15, 0.2) is 0 Å². The normalized spacial score (nSPS) is 27.7. The van der Waals surface area contributed by atoms with Crippen molar-refractivity contribution in [3.63, 3.8) is 0 Å². The highest BCUT2D eigenvalue weighted by Gasteiger charge is 2.51. The van der Waals surface area contributed by atoms with Gasteiger partial charge in [-0.3, -0.25) is 4.79 Å². The monoisotopic (exact) mass is 338 g/mol. The molecule has 3 atom stereocenters. The first-order valence-electron chi connectivity index (χ1n) is 9.17. The van der Waals surface area contributed by atoms with Crippen molar-refractivity contribution >= 4 is 16.6 Å². The second-order valence-electron chi connectivity index (χ2n) is 7.86. The van der Waals surface area contributed by atoms with E-state index in [0.29, 0.717) is 11.7 Å². The molecule has 0 amide bonds. The lowest BCUT2D eigenvalue weighted by Gasteiger charge is -2.41. The molecule has 2 aliphatic rings. The number of fused-ring (bicyclic) bond motifs is 5. The van der Waals surface area contributed by atoms with E-state index in [2.05, 4.69) is 25.1 Å². The van der Waals surface area contributed by atoms with E-state index in [9.17, 15) is 4.79 Å². The van der Waals surface area contributed by atoms with Crippen LogP contribution in [-0.4, -0.2) is 20.0 Å². The van der Waals surface area contributed by atoms with E-state index in [1.165, 1.54) is 16.5 Å². The van der Waals surface area contributed by atoms with Gasteiger partial charge < -0.3 is 9.47 Å². The molecule has 25 heavy (non-hydrogen) atoms. The van der Waals surface area contributed by atoms with Crippen LogP contribution in [-0.2, 0) is 11.2 Å². The van der Waals surface area contributed by atoms with E-state index in [0.717, 1.165) is 42.6 Å². The third-order valence-electron chi connectivity index (χ3n) is 6.79. The average Bonchev–Trinajstić information content (AvgIpc) is 2.97. The first kappa shape index (κ1) is 16.4. The molecule has 1 fully saturated rings. The zero-order valence-electron chi connectivity index (χ0n) is 15.5. The first-order valence-corrected chi connectivity index (χ1v) is 9.17. The van der Waals surface area contributed by atoms with Gasteiger partial charge in [0.2, 0.25) is 0 Å². The van der Waals surface area contributed by atoms with Gasteiger partial charge in [-0.25, -0.2) is 0 Å². The predicted molar refractivity (Wildman–Crippen MR) is 99.6 cm³/mol. The minimum atomic E-state index is 0.0873. The van der Waals surface area contributed by atoms with Gasteiger partial charge in [0.25, 0.3) is 0 Å². The van der Waals surface area contributed by atoms with Gasteiger partial charge in [0.05, 0.1) is 14.2 Å². The first-order chi connectivity index (χ1) is 12.0. The molecule has 3 nitrogen and oxygen atoms in total. The number of methoxy groups -OCH3 is 2. The molecule has 0 heterocycles. The summed E-state index contributed by atoms with van der Waals surface area (Å²) in [6.07, 6.45) is 4.22. The van der Waals surface area contributed by atoms with Crippen molar-refractivity contribution in [1.29, 1.82) is 0 Å². The Bertz CT molecular complexity index is 854. The number of ketones is 1. The predicted octanol–water partition coefficient (Wildman–Crippen LogP) is 4.89. The fourth-order valence-electron chi connectivity index (χ4n) is 5.49. The summed E-state index contributed by atoms with van der Waals surface area (Å²) in [5, 5.41) is 2.38. The van der Waals surface area contributed by atoms with Crippen LogP contribution in [0.4, 0.5) is 0 Å².